The fourth-order valence-corrected chi connectivity index (χ4v) is 10.2. The topological polar surface area (TPSA) is 60.7 Å². The summed E-state index contributed by atoms with van der Waals surface area (Å²) in [6.07, 6.45) is 15.7. The second-order valence-corrected chi connectivity index (χ2v) is 14.3. The summed E-state index contributed by atoms with van der Waals surface area (Å²) in [4.78, 5) is 0. The average molecular weight is 463 g/mol. The molecule has 3 N–H and O–H groups in total. The van der Waals surface area contributed by atoms with Crippen molar-refractivity contribution < 1.29 is 15.3 Å². The van der Waals surface area contributed by atoms with Crippen molar-refractivity contribution in [1.82, 2.24) is 0 Å². The molecule has 4 saturated carbocycles. The quantitative estimate of drug-likeness (QED) is 0.382. The normalized spacial score (nSPS) is 45.1. The Labute approximate surface area is 204 Å². The fraction of sp³-hybridized carbons (Fsp3) is 1.00. The lowest BCUT2D eigenvalue weighted by atomic mass is 9.43. The number of aliphatic hydroxyl groups excluding tert-OH is 2. The molecular formula is C30H54O3. The Morgan fingerprint density at radius 1 is 0.879 bits per heavy atom. The van der Waals surface area contributed by atoms with Crippen LogP contribution in [0.4, 0.5) is 0 Å². The molecule has 0 saturated heterocycles. The molecular weight excluding hydrogens is 408 g/mol. The predicted octanol–water partition coefficient (Wildman–Crippen LogP) is 6.58. The molecule has 3 nitrogen and oxygen atoms in total. The van der Waals surface area contributed by atoms with Crippen LogP contribution in [-0.4, -0.2) is 33.6 Å². The lowest BCUT2D eigenvalue weighted by molar-refractivity contribution is -0.125. The first-order valence-corrected chi connectivity index (χ1v) is 14.5. The van der Waals surface area contributed by atoms with Gasteiger partial charge in [-0.25, -0.2) is 0 Å². The molecule has 4 aliphatic carbocycles. The van der Waals surface area contributed by atoms with Crippen molar-refractivity contribution in [1.29, 1.82) is 0 Å². The smallest absolute Gasteiger partial charge is 0.0594 e. The largest absolute Gasteiger partial charge is 0.396 e. The van der Waals surface area contributed by atoms with Gasteiger partial charge < -0.3 is 15.3 Å². The summed E-state index contributed by atoms with van der Waals surface area (Å²) in [5.41, 5.74) is 0.494. The molecule has 192 valence electrons. The summed E-state index contributed by atoms with van der Waals surface area (Å²) in [5.74, 6) is 5.80. The van der Waals surface area contributed by atoms with Gasteiger partial charge in [0.05, 0.1) is 11.7 Å². The molecule has 0 radical (unpaired) electrons. The van der Waals surface area contributed by atoms with Crippen molar-refractivity contribution in [2.45, 2.75) is 130 Å². The zero-order valence-electron chi connectivity index (χ0n) is 22.4. The van der Waals surface area contributed by atoms with E-state index in [0.717, 1.165) is 48.9 Å². The maximum Gasteiger partial charge on any atom is 0.0594 e. The SMILES string of the molecule is C[C@H](CC[C@H](O)CCO)[C@H]1CC[C@H]2[C@@H]3CC[C@@H]4C[C@H](CC(C)(C)O)CC[C@]4(C)[C@H]3CC[C@]12C. The van der Waals surface area contributed by atoms with Crippen LogP contribution in [0.15, 0.2) is 0 Å². The minimum atomic E-state index is -0.522. The van der Waals surface area contributed by atoms with Crippen molar-refractivity contribution in [2.24, 2.45) is 52.3 Å². The minimum absolute atomic E-state index is 0.0973. The van der Waals surface area contributed by atoms with Gasteiger partial charge in [0.15, 0.2) is 0 Å². The summed E-state index contributed by atoms with van der Waals surface area (Å²) in [7, 11) is 0. The van der Waals surface area contributed by atoms with Gasteiger partial charge in [-0.3, -0.25) is 0 Å². The Hall–Kier alpha value is -0.120. The third-order valence-electron chi connectivity index (χ3n) is 11.7. The number of fused-ring (bicyclic) bond motifs is 5. The number of aliphatic hydroxyl groups is 3. The summed E-state index contributed by atoms with van der Waals surface area (Å²) >= 11 is 0. The van der Waals surface area contributed by atoms with Gasteiger partial charge in [-0.05, 0) is 150 Å². The Morgan fingerprint density at radius 2 is 1.58 bits per heavy atom. The van der Waals surface area contributed by atoms with E-state index < -0.39 is 5.60 Å². The van der Waals surface area contributed by atoms with Crippen LogP contribution in [0.1, 0.15) is 118 Å². The molecule has 0 bridgehead atoms. The van der Waals surface area contributed by atoms with Crippen LogP contribution in [0.2, 0.25) is 0 Å². The third-order valence-corrected chi connectivity index (χ3v) is 11.7. The van der Waals surface area contributed by atoms with Crippen molar-refractivity contribution in [3.63, 3.8) is 0 Å². The van der Waals surface area contributed by atoms with E-state index in [0.29, 0.717) is 29.1 Å². The Bertz CT molecular complexity index is 655. The molecule has 33 heavy (non-hydrogen) atoms. The van der Waals surface area contributed by atoms with Crippen LogP contribution in [0.5, 0.6) is 0 Å². The van der Waals surface area contributed by atoms with E-state index in [1.54, 1.807) is 0 Å². The highest BCUT2D eigenvalue weighted by Crippen LogP contribution is 2.68. The standard InChI is InChI=1S/C30H54O3/c1-20(6-8-23(32)14-17-31)25-10-11-26-24-9-7-22-18-21(19-28(2,3)33)12-15-29(22,4)27(24)13-16-30(25,26)5/h20-27,31-33H,6-19H2,1-5H3/t20-,21-,22-,23+,24+,25-,26+,27+,29+,30-/m1/s1. The van der Waals surface area contributed by atoms with E-state index in [1.165, 1.54) is 57.8 Å². The van der Waals surface area contributed by atoms with Gasteiger partial charge in [0.2, 0.25) is 0 Å². The van der Waals surface area contributed by atoms with Crippen molar-refractivity contribution in [2.75, 3.05) is 6.61 Å². The molecule has 0 aromatic heterocycles. The first-order valence-electron chi connectivity index (χ1n) is 14.5. The average Bonchev–Trinajstić information content (AvgIpc) is 3.09. The molecule has 0 amide bonds. The van der Waals surface area contributed by atoms with E-state index in [2.05, 4.69) is 20.8 Å². The van der Waals surface area contributed by atoms with Crippen LogP contribution in [-0.2, 0) is 0 Å². The lowest BCUT2D eigenvalue weighted by Crippen LogP contribution is -2.54. The summed E-state index contributed by atoms with van der Waals surface area (Å²) in [5, 5.41) is 29.6. The lowest BCUT2D eigenvalue weighted by Gasteiger charge is -2.61. The van der Waals surface area contributed by atoms with E-state index in [4.69, 9.17) is 5.11 Å². The van der Waals surface area contributed by atoms with Crippen LogP contribution in [0, 0.1) is 52.3 Å². The molecule has 0 aromatic rings. The van der Waals surface area contributed by atoms with Crippen molar-refractivity contribution in [3.8, 4) is 0 Å². The first kappa shape index (κ1) is 26.0. The molecule has 4 fully saturated rings. The second-order valence-electron chi connectivity index (χ2n) is 14.3. The monoisotopic (exact) mass is 462 g/mol. The van der Waals surface area contributed by atoms with Gasteiger partial charge in [-0.1, -0.05) is 20.8 Å². The van der Waals surface area contributed by atoms with Gasteiger partial charge in [-0.2, -0.15) is 0 Å². The zero-order valence-corrected chi connectivity index (χ0v) is 22.4. The molecule has 0 spiro atoms. The van der Waals surface area contributed by atoms with Gasteiger partial charge in [0.1, 0.15) is 0 Å². The third kappa shape index (κ3) is 5.08. The molecule has 0 heterocycles. The van der Waals surface area contributed by atoms with E-state index in [1.807, 2.05) is 13.8 Å². The molecule has 0 aliphatic heterocycles. The minimum Gasteiger partial charge on any atom is -0.396 e. The predicted molar refractivity (Wildman–Crippen MR) is 136 cm³/mol. The number of hydrogen-bond donors (Lipinski definition) is 3. The van der Waals surface area contributed by atoms with Crippen LogP contribution in [0.25, 0.3) is 0 Å². The highest BCUT2D eigenvalue weighted by Gasteiger charge is 2.60. The highest BCUT2D eigenvalue weighted by atomic mass is 16.3. The fourth-order valence-electron chi connectivity index (χ4n) is 10.2. The summed E-state index contributed by atoms with van der Waals surface area (Å²) in [6, 6.07) is 0. The molecule has 0 unspecified atom stereocenters. The van der Waals surface area contributed by atoms with Crippen LogP contribution < -0.4 is 0 Å². The number of hydrogen-bond acceptors (Lipinski definition) is 3. The molecule has 4 rings (SSSR count). The first-order chi connectivity index (χ1) is 15.5. The van der Waals surface area contributed by atoms with E-state index in [9.17, 15) is 10.2 Å². The Morgan fingerprint density at radius 3 is 2.27 bits per heavy atom. The zero-order chi connectivity index (χ0) is 24.0. The van der Waals surface area contributed by atoms with Gasteiger partial charge in [0.25, 0.3) is 0 Å². The van der Waals surface area contributed by atoms with Gasteiger partial charge >= 0.3 is 0 Å². The number of rotatable bonds is 8. The maximum atomic E-state index is 10.4. The maximum absolute atomic E-state index is 10.4. The molecule has 0 aromatic carbocycles. The molecule has 4 aliphatic rings. The van der Waals surface area contributed by atoms with E-state index in [-0.39, 0.29) is 12.7 Å². The van der Waals surface area contributed by atoms with Gasteiger partial charge in [-0.15, -0.1) is 0 Å². The summed E-state index contributed by atoms with van der Waals surface area (Å²) in [6.45, 7) is 11.8. The Balaban J connectivity index is 1.41. The van der Waals surface area contributed by atoms with Crippen molar-refractivity contribution >= 4 is 0 Å². The van der Waals surface area contributed by atoms with Crippen LogP contribution in [0.3, 0.4) is 0 Å². The van der Waals surface area contributed by atoms with Crippen molar-refractivity contribution in [3.05, 3.63) is 0 Å². The van der Waals surface area contributed by atoms with Crippen LogP contribution >= 0.6 is 0 Å². The van der Waals surface area contributed by atoms with E-state index >= 15 is 0 Å². The van der Waals surface area contributed by atoms with Gasteiger partial charge in [0, 0.05) is 6.61 Å². The highest BCUT2D eigenvalue weighted by molar-refractivity contribution is 5.09. The second kappa shape index (κ2) is 9.74. The molecule has 3 heteroatoms. The summed E-state index contributed by atoms with van der Waals surface area (Å²) < 4.78 is 0. The molecule has 10 atom stereocenters. The Kier molecular flexibility index (Phi) is 7.66.